The quantitative estimate of drug-likeness (QED) is 0.849. The van der Waals surface area contributed by atoms with Gasteiger partial charge in [0.15, 0.2) is 18.2 Å². The number of hydrogen-bond acceptors (Lipinski definition) is 3. The van der Waals surface area contributed by atoms with Crippen molar-refractivity contribution in [2.45, 2.75) is 44.8 Å². The first-order valence-electron chi connectivity index (χ1n) is 6.32. The molecule has 3 nitrogen and oxygen atoms in total. The van der Waals surface area contributed by atoms with Crippen molar-refractivity contribution in [3.8, 4) is 0 Å². The molecule has 0 amide bonds. The maximum atomic E-state index is 14.6. The predicted octanol–water partition coefficient (Wildman–Crippen LogP) is 3.14. The third kappa shape index (κ3) is 2.34. The van der Waals surface area contributed by atoms with Gasteiger partial charge in [0.2, 0.25) is 0 Å². The number of rotatable bonds is 2. The highest BCUT2D eigenvalue weighted by atomic mass is 19.1. The van der Waals surface area contributed by atoms with Crippen molar-refractivity contribution in [1.82, 2.24) is 0 Å². The molecule has 1 aliphatic rings. The van der Waals surface area contributed by atoms with Crippen LogP contribution >= 0.6 is 0 Å². The normalized spacial score (nSPS) is 31.4. The van der Waals surface area contributed by atoms with E-state index < -0.39 is 29.8 Å². The zero-order chi connectivity index (χ0) is 15.1. The van der Waals surface area contributed by atoms with Crippen LogP contribution in [0.15, 0.2) is 23.2 Å². The third-order valence-electron chi connectivity index (χ3n) is 3.51. The van der Waals surface area contributed by atoms with E-state index in [1.54, 1.807) is 0 Å². The number of hydrogen-bond donors (Lipinski definition) is 1. The molecule has 4 atom stereocenters. The largest absolute Gasteiger partial charge is 0.472 e. The van der Waals surface area contributed by atoms with Gasteiger partial charge < -0.3 is 10.5 Å². The first-order valence-corrected chi connectivity index (χ1v) is 6.32. The van der Waals surface area contributed by atoms with Crippen LogP contribution in [0.1, 0.15) is 26.3 Å². The summed E-state index contributed by atoms with van der Waals surface area (Å²) < 4.78 is 47.2. The molecule has 1 heterocycles. The van der Waals surface area contributed by atoms with E-state index in [9.17, 15) is 13.2 Å². The lowest BCUT2D eigenvalue weighted by molar-refractivity contribution is -0.0223. The highest BCUT2D eigenvalue weighted by Gasteiger charge is 2.49. The van der Waals surface area contributed by atoms with E-state index in [4.69, 9.17) is 10.5 Å². The van der Waals surface area contributed by atoms with Gasteiger partial charge in [-0.15, -0.1) is 0 Å². The molecule has 2 N–H and O–H groups in total. The minimum atomic E-state index is -1.82. The van der Waals surface area contributed by atoms with Crippen LogP contribution in [0.4, 0.5) is 18.9 Å². The van der Waals surface area contributed by atoms with Crippen molar-refractivity contribution in [2.75, 3.05) is 5.73 Å². The molecule has 0 saturated carbocycles. The summed E-state index contributed by atoms with van der Waals surface area (Å²) in [6.07, 6.45) is -4.68. The van der Waals surface area contributed by atoms with E-state index in [0.29, 0.717) is 5.69 Å². The number of benzene rings is 1. The second kappa shape index (κ2) is 5.00. The number of halogens is 3. The first-order chi connectivity index (χ1) is 9.25. The monoisotopic (exact) mass is 286 g/mol. The highest BCUT2D eigenvalue weighted by Crippen LogP contribution is 2.40. The lowest BCUT2D eigenvalue weighted by Crippen LogP contribution is -2.50. The molecule has 1 aliphatic heterocycles. The Balaban J connectivity index is 2.56. The lowest BCUT2D eigenvalue weighted by atomic mass is 9.82. The Labute approximate surface area is 115 Å². The summed E-state index contributed by atoms with van der Waals surface area (Å²) >= 11 is 0. The number of nitrogen functional groups attached to an aromatic ring is 1. The molecule has 0 bridgehead atoms. The smallest absolute Gasteiger partial charge is 0.181 e. The van der Waals surface area contributed by atoms with Gasteiger partial charge in [-0.1, -0.05) is 0 Å². The van der Waals surface area contributed by atoms with Crippen LogP contribution in [-0.4, -0.2) is 24.3 Å². The Hall–Kier alpha value is -1.72. The van der Waals surface area contributed by atoms with Crippen molar-refractivity contribution in [3.05, 3.63) is 29.6 Å². The number of nitrogens with zero attached hydrogens (tertiary/aromatic N) is 1. The van der Waals surface area contributed by atoms with Gasteiger partial charge in [0.1, 0.15) is 17.5 Å². The summed E-state index contributed by atoms with van der Waals surface area (Å²) in [4.78, 5) is 4.06. The summed E-state index contributed by atoms with van der Waals surface area (Å²) in [5.41, 5.74) is 4.35. The molecule has 0 unspecified atom stereocenters. The van der Waals surface area contributed by atoms with Crippen LogP contribution in [0, 0.1) is 5.82 Å². The van der Waals surface area contributed by atoms with Crippen LogP contribution in [-0.2, 0) is 10.3 Å². The number of anilines is 1. The first kappa shape index (κ1) is 14.7. The molecule has 1 aromatic rings. The van der Waals surface area contributed by atoms with Gasteiger partial charge in [-0.05, 0) is 32.0 Å². The molecule has 0 aromatic heterocycles. The fourth-order valence-corrected chi connectivity index (χ4v) is 2.46. The van der Waals surface area contributed by atoms with E-state index in [0.717, 1.165) is 6.07 Å². The fourth-order valence-electron chi connectivity index (χ4n) is 2.46. The second-order valence-electron chi connectivity index (χ2n) is 5.18. The van der Waals surface area contributed by atoms with Crippen molar-refractivity contribution < 1.29 is 17.9 Å². The van der Waals surface area contributed by atoms with E-state index in [2.05, 4.69) is 4.99 Å². The summed E-state index contributed by atoms with van der Waals surface area (Å²) in [6.45, 7) is 4.10. The maximum Gasteiger partial charge on any atom is 0.181 e. The van der Waals surface area contributed by atoms with E-state index >= 15 is 0 Å². The Morgan fingerprint density at radius 3 is 2.70 bits per heavy atom. The van der Waals surface area contributed by atoms with Gasteiger partial charge in [-0.3, -0.25) is 0 Å². The minimum Gasteiger partial charge on any atom is -0.472 e. The van der Waals surface area contributed by atoms with Crippen molar-refractivity contribution in [2.24, 2.45) is 4.99 Å². The standard InChI is InChI=1S/C14H17F3N2O/c1-7(15)12-13(17)14(3,19-8(2)20-12)10-6-9(18)4-5-11(10)16/h4-7,12-13H,18H2,1-3H3/t7-,12-,13+,14-/m1/s1. The van der Waals surface area contributed by atoms with E-state index in [1.165, 1.54) is 32.9 Å². The van der Waals surface area contributed by atoms with Crippen LogP contribution in [0.5, 0.6) is 0 Å². The molecule has 2 rings (SSSR count). The molecular formula is C14H17F3N2O. The van der Waals surface area contributed by atoms with Gasteiger partial charge in [-0.2, -0.15) is 0 Å². The van der Waals surface area contributed by atoms with Gasteiger partial charge in [-0.25, -0.2) is 18.2 Å². The summed E-state index contributed by atoms with van der Waals surface area (Å²) in [5, 5.41) is 0. The third-order valence-corrected chi connectivity index (χ3v) is 3.51. The molecule has 1 aromatic carbocycles. The molecule has 0 saturated heterocycles. The fraction of sp³-hybridized carbons (Fsp3) is 0.500. The number of ether oxygens (including phenoxy) is 1. The highest BCUT2D eigenvalue weighted by molar-refractivity contribution is 5.75. The number of aliphatic imine (C=N–C) groups is 1. The molecule has 0 fully saturated rings. The second-order valence-corrected chi connectivity index (χ2v) is 5.18. The molecule has 110 valence electrons. The molecule has 0 radical (unpaired) electrons. The Kier molecular flexibility index (Phi) is 3.67. The van der Waals surface area contributed by atoms with Crippen molar-refractivity contribution in [3.63, 3.8) is 0 Å². The Bertz CT molecular complexity index is 547. The van der Waals surface area contributed by atoms with Crippen molar-refractivity contribution >= 4 is 11.6 Å². The zero-order valence-corrected chi connectivity index (χ0v) is 11.5. The van der Waals surface area contributed by atoms with Gasteiger partial charge in [0.05, 0.1) is 0 Å². The summed E-state index contributed by atoms with van der Waals surface area (Å²) in [5.74, 6) is -0.509. The molecular weight excluding hydrogens is 269 g/mol. The van der Waals surface area contributed by atoms with E-state index in [-0.39, 0.29) is 11.5 Å². The van der Waals surface area contributed by atoms with Crippen LogP contribution in [0.3, 0.4) is 0 Å². The van der Waals surface area contributed by atoms with Gasteiger partial charge in [0, 0.05) is 18.2 Å². The van der Waals surface area contributed by atoms with Crippen molar-refractivity contribution in [1.29, 1.82) is 0 Å². The van der Waals surface area contributed by atoms with Crippen LogP contribution in [0.2, 0.25) is 0 Å². The Morgan fingerprint density at radius 1 is 1.45 bits per heavy atom. The topological polar surface area (TPSA) is 47.6 Å². The van der Waals surface area contributed by atoms with Crippen LogP contribution in [0.25, 0.3) is 0 Å². The number of nitrogens with two attached hydrogens (primary N) is 1. The van der Waals surface area contributed by atoms with Gasteiger partial charge in [0.25, 0.3) is 0 Å². The number of alkyl halides is 2. The summed E-state index contributed by atoms with van der Waals surface area (Å²) in [6, 6.07) is 3.85. The minimum absolute atomic E-state index is 0.00157. The zero-order valence-electron chi connectivity index (χ0n) is 11.5. The molecule has 20 heavy (non-hydrogen) atoms. The SMILES string of the molecule is CC1=N[C@](C)(c2cc(N)ccc2F)[C@@H](F)[C@@H]([C@@H](C)F)O1. The maximum absolute atomic E-state index is 14.6. The van der Waals surface area contributed by atoms with Gasteiger partial charge >= 0.3 is 0 Å². The lowest BCUT2D eigenvalue weighted by Gasteiger charge is -2.39. The van der Waals surface area contributed by atoms with E-state index in [1.807, 2.05) is 0 Å². The average molecular weight is 286 g/mol. The average Bonchev–Trinajstić information content (AvgIpc) is 2.36. The van der Waals surface area contributed by atoms with Crippen LogP contribution < -0.4 is 5.73 Å². The molecule has 0 aliphatic carbocycles. The predicted molar refractivity (Wildman–Crippen MR) is 71.6 cm³/mol. The molecule has 6 heteroatoms. The summed E-state index contributed by atoms with van der Waals surface area (Å²) in [7, 11) is 0. The molecule has 0 spiro atoms. The Morgan fingerprint density at radius 2 is 2.10 bits per heavy atom.